The van der Waals surface area contributed by atoms with Gasteiger partial charge in [-0.3, -0.25) is 0 Å². The Morgan fingerprint density at radius 3 is 2.41 bits per heavy atom. The smallest absolute Gasteiger partial charge is 0.419 e. The highest BCUT2D eigenvalue weighted by atomic mass is 19.4. The normalized spacial score (nSPS) is 18.6. The van der Waals surface area contributed by atoms with Gasteiger partial charge in [0, 0.05) is 13.1 Å². The highest BCUT2D eigenvalue weighted by Crippen LogP contribution is 2.36. The molecule has 0 spiro atoms. The van der Waals surface area contributed by atoms with Gasteiger partial charge in [0.25, 0.3) is 0 Å². The van der Waals surface area contributed by atoms with Gasteiger partial charge in [0.2, 0.25) is 0 Å². The van der Waals surface area contributed by atoms with Crippen LogP contribution < -0.4 is 10.1 Å². The standard InChI is InChI=1S/C11H11F4NO/c1-10(5-16-6-10)17-8-4-2-3-7(9(8)12)11(13,14)15/h2-4,16H,5-6H2,1H3. The predicted octanol–water partition coefficient (Wildman–Crippen LogP) is 2.59. The molecule has 1 saturated heterocycles. The van der Waals surface area contributed by atoms with Crippen molar-refractivity contribution in [3.63, 3.8) is 0 Å². The van der Waals surface area contributed by atoms with Crippen molar-refractivity contribution in [2.45, 2.75) is 18.7 Å². The highest BCUT2D eigenvalue weighted by Gasteiger charge is 2.38. The SMILES string of the molecule is CC1(Oc2cccc(C(F)(F)F)c2F)CNC1. The Labute approximate surface area is 95.6 Å². The molecule has 1 aliphatic heterocycles. The molecule has 1 N–H and O–H groups in total. The van der Waals surface area contributed by atoms with Crippen molar-refractivity contribution in [3.8, 4) is 5.75 Å². The fraction of sp³-hybridized carbons (Fsp3) is 0.455. The van der Waals surface area contributed by atoms with E-state index in [-0.39, 0.29) is 5.75 Å². The second-order valence-corrected chi connectivity index (χ2v) is 4.27. The Hall–Kier alpha value is -1.30. The van der Waals surface area contributed by atoms with Crippen molar-refractivity contribution in [1.29, 1.82) is 0 Å². The Kier molecular flexibility index (Phi) is 2.77. The van der Waals surface area contributed by atoms with E-state index in [0.717, 1.165) is 6.07 Å². The number of halogens is 4. The number of hydrogen-bond acceptors (Lipinski definition) is 2. The second kappa shape index (κ2) is 3.87. The summed E-state index contributed by atoms with van der Waals surface area (Å²) < 4.78 is 56.2. The van der Waals surface area contributed by atoms with Crippen LogP contribution in [-0.2, 0) is 6.18 Å². The minimum atomic E-state index is -4.71. The molecule has 1 aliphatic rings. The third-order valence-electron chi connectivity index (χ3n) is 2.62. The number of rotatable bonds is 2. The zero-order valence-electron chi connectivity index (χ0n) is 9.07. The summed E-state index contributed by atoms with van der Waals surface area (Å²) in [6.07, 6.45) is -4.71. The first-order chi connectivity index (χ1) is 7.82. The maximum absolute atomic E-state index is 13.6. The van der Waals surface area contributed by atoms with Gasteiger partial charge in [0.15, 0.2) is 11.6 Å². The fourth-order valence-corrected chi connectivity index (χ4v) is 1.62. The number of nitrogens with one attached hydrogen (secondary N) is 1. The zero-order chi connectivity index (χ0) is 12.7. The Morgan fingerprint density at radius 1 is 1.29 bits per heavy atom. The number of alkyl halides is 3. The second-order valence-electron chi connectivity index (χ2n) is 4.27. The predicted molar refractivity (Wildman–Crippen MR) is 53.3 cm³/mol. The van der Waals surface area contributed by atoms with E-state index in [4.69, 9.17) is 4.74 Å². The molecular weight excluding hydrogens is 238 g/mol. The molecule has 1 aromatic rings. The average Bonchev–Trinajstić information content (AvgIpc) is 2.17. The molecule has 0 radical (unpaired) electrons. The quantitative estimate of drug-likeness (QED) is 0.813. The summed E-state index contributed by atoms with van der Waals surface area (Å²) in [6.45, 7) is 2.69. The van der Waals surface area contributed by atoms with Crippen LogP contribution in [0.1, 0.15) is 12.5 Å². The first-order valence-electron chi connectivity index (χ1n) is 5.07. The molecule has 0 amide bonds. The first kappa shape index (κ1) is 12.2. The van der Waals surface area contributed by atoms with Crippen LogP contribution in [0, 0.1) is 5.82 Å². The van der Waals surface area contributed by atoms with Gasteiger partial charge in [0.05, 0.1) is 5.56 Å². The molecule has 17 heavy (non-hydrogen) atoms. The van der Waals surface area contributed by atoms with E-state index < -0.39 is 23.2 Å². The molecule has 0 aliphatic carbocycles. The molecule has 0 saturated carbocycles. The van der Waals surface area contributed by atoms with Crippen LogP contribution >= 0.6 is 0 Å². The summed E-state index contributed by atoms with van der Waals surface area (Å²) in [5.74, 6) is -1.71. The Bertz CT molecular complexity index is 426. The van der Waals surface area contributed by atoms with Crippen molar-refractivity contribution in [1.82, 2.24) is 5.32 Å². The van der Waals surface area contributed by atoms with E-state index in [9.17, 15) is 17.6 Å². The van der Waals surface area contributed by atoms with E-state index >= 15 is 0 Å². The lowest BCUT2D eigenvalue weighted by Crippen LogP contribution is -2.61. The topological polar surface area (TPSA) is 21.3 Å². The summed E-state index contributed by atoms with van der Waals surface area (Å²) in [4.78, 5) is 0. The molecule has 2 nitrogen and oxygen atoms in total. The van der Waals surface area contributed by atoms with Gasteiger partial charge in [-0.05, 0) is 19.1 Å². The van der Waals surface area contributed by atoms with Crippen molar-refractivity contribution in [3.05, 3.63) is 29.6 Å². The molecule has 0 bridgehead atoms. The molecule has 1 aromatic carbocycles. The van der Waals surface area contributed by atoms with Gasteiger partial charge in [-0.15, -0.1) is 0 Å². The third-order valence-corrected chi connectivity index (χ3v) is 2.62. The molecule has 2 rings (SSSR count). The maximum Gasteiger partial charge on any atom is 0.419 e. The summed E-state index contributed by atoms with van der Waals surface area (Å²) in [6, 6.07) is 3.04. The van der Waals surface area contributed by atoms with Crippen molar-refractivity contribution in [2.75, 3.05) is 13.1 Å². The average molecular weight is 249 g/mol. The van der Waals surface area contributed by atoms with Crippen LogP contribution in [-0.4, -0.2) is 18.7 Å². The van der Waals surface area contributed by atoms with Gasteiger partial charge >= 0.3 is 6.18 Å². The number of benzene rings is 1. The number of ether oxygens (including phenoxy) is 1. The molecule has 0 atom stereocenters. The van der Waals surface area contributed by atoms with Gasteiger partial charge in [0.1, 0.15) is 5.60 Å². The monoisotopic (exact) mass is 249 g/mol. The summed E-state index contributed by atoms with van der Waals surface area (Å²) >= 11 is 0. The lowest BCUT2D eigenvalue weighted by molar-refractivity contribution is -0.140. The van der Waals surface area contributed by atoms with Crippen LogP contribution in [0.25, 0.3) is 0 Å². The summed E-state index contributed by atoms with van der Waals surface area (Å²) in [5.41, 5.74) is -1.93. The summed E-state index contributed by atoms with van der Waals surface area (Å²) in [7, 11) is 0. The third kappa shape index (κ3) is 2.36. The zero-order valence-corrected chi connectivity index (χ0v) is 9.07. The molecule has 0 aromatic heterocycles. The van der Waals surface area contributed by atoms with Gasteiger partial charge in [-0.2, -0.15) is 13.2 Å². The molecule has 1 heterocycles. The molecule has 6 heteroatoms. The van der Waals surface area contributed by atoms with Crippen LogP contribution in [0.5, 0.6) is 5.75 Å². The molecule has 1 fully saturated rings. The number of hydrogen-bond donors (Lipinski definition) is 1. The largest absolute Gasteiger partial charge is 0.482 e. The van der Waals surface area contributed by atoms with Gasteiger partial charge in [-0.25, -0.2) is 4.39 Å². The minimum Gasteiger partial charge on any atom is -0.482 e. The van der Waals surface area contributed by atoms with Crippen molar-refractivity contribution < 1.29 is 22.3 Å². The lowest BCUT2D eigenvalue weighted by Gasteiger charge is -2.39. The van der Waals surface area contributed by atoms with Crippen LogP contribution in [0.2, 0.25) is 0 Å². The fourth-order valence-electron chi connectivity index (χ4n) is 1.62. The van der Waals surface area contributed by atoms with E-state index in [1.54, 1.807) is 6.92 Å². The summed E-state index contributed by atoms with van der Waals surface area (Å²) in [5, 5.41) is 2.92. The Balaban J connectivity index is 2.29. The lowest BCUT2D eigenvalue weighted by atomic mass is 10.00. The van der Waals surface area contributed by atoms with Crippen LogP contribution in [0.15, 0.2) is 18.2 Å². The van der Waals surface area contributed by atoms with Crippen molar-refractivity contribution >= 4 is 0 Å². The van der Waals surface area contributed by atoms with E-state index in [1.807, 2.05) is 0 Å². The maximum atomic E-state index is 13.6. The van der Waals surface area contributed by atoms with E-state index in [0.29, 0.717) is 19.2 Å². The highest BCUT2D eigenvalue weighted by molar-refractivity contribution is 5.33. The van der Waals surface area contributed by atoms with E-state index in [1.165, 1.54) is 6.07 Å². The minimum absolute atomic E-state index is 0.358. The molecule has 0 unspecified atom stereocenters. The van der Waals surface area contributed by atoms with E-state index in [2.05, 4.69) is 5.32 Å². The molecule has 94 valence electrons. The Morgan fingerprint density at radius 2 is 1.94 bits per heavy atom. The van der Waals surface area contributed by atoms with Gasteiger partial charge in [-0.1, -0.05) is 6.07 Å². The van der Waals surface area contributed by atoms with Crippen LogP contribution in [0.4, 0.5) is 17.6 Å². The van der Waals surface area contributed by atoms with Crippen LogP contribution in [0.3, 0.4) is 0 Å². The van der Waals surface area contributed by atoms with Gasteiger partial charge < -0.3 is 10.1 Å². The first-order valence-corrected chi connectivity index (χ1v) is 5.07. The molecular formula is C11H11F4NO. The van der Waals surface area contributed by atoms with Crippen molar-refractivity contribution in [2.24, 2.45) is 0 Å².